The molecule has 3 N–H and O–H groups in total. The molecule has 0 saturated heterocycles. The van der Waals surface area contributed by atoms with Gasteiger partial charge in [-0.3, -0.25) is 4.99 Å². The number of aliphatic imine (C=N–C) groups is 1. The Morgan fingerprint density at radius 2 is 2.00 bits per heavy atom. The van der Waals surface area contributed by atoms with Crippen LogP contribution in [0, 0.1) is 5.92 Å². The van der Waals surface area contributed by atoms with E-state index in [0.29, 0.717) is 6.54 Å². The molecule has 1 aliphatic rings. The summed E-state index contributed by atoms with van der Waals surface area (Å²) in [5.74, 6) is 2.35. The van der Waals surface area contributed by atoms with E-state index in [1.54, 1.807) is 7.11 Å². The fourth-order valence-electron chi connectivity index (χ4n) is 2.01. The van der Waals surface area contributed by atoms with Gasteiger partial charge in [0.05, 0.1) is 19.8 Å². The molecule has 1 aliphatic carbocycles. The zero-order valence-corrected chi connectivity index (χ0v) is 15.5. The highest BCUT2D eigenvalue weighted by Gasteiger charge is 2.21. The molecule has 1 unspecified atom stereocenters. The molecule has 0 radical (unpaired) electrons. The molecule has 124 valence electrons. The van der Waals surface area contributed by atoms with Crippen LogP contribution >= 0.6 is 24.0 Å². The van der Waals surface area contributed by atoms with E-state index in [2.05, 4.69) is 15.6 Å². The minimum absolute atomic E-state index is 0. The molecule has 0 amide bonds. The summed E-state index contributed by atoms with van der Waals surface area (Å²) in [5.41, 5.74) is 0.845. The molecule has 5 nitrogen and oxygen atoms in total. The third kappa shape index (κ3) is 6.39. The van der Waals surface area contributed by atoms with Gasteiger partial charge in [0.25, 0.3) is 0 Å². The van der Waals surface area contributed by atoms with Gasteiger partial charge in [-0.1, -0.05) is 12.1 Å². The van der Waals surface area contributed by atoms with Crippen molar-refractivity contribution in [3.8, 4) is 5.75 Å². The number of methoxy groups -OCH3 is 1. The van der Waals surface area contributed by atoms with Gasteiger partial charge in [-0.2, -0.15) is 0 Å². The number of halogens is 1. The quantitative estimate of drug-likeness (QED) is 0.361. The lowest BCUT2D eigenvalue weighted by Gasteiger charge is -2.13. The van der Waals surface area contributed by atoms with Crippen molar-refractivity contribution in [2.24, 2.45) is 10.9 Å². The maximum absolute atomic E-state index is 10.2. The molecule has 0 bridgehead atoms. The number of nitrogens with zero attached hydrogens (tertiary/aromatic N) is 1. The van der Waals surface area contributed by atoms with E-state index < -0.39 is 6.10 Å². The van der Waals surface area contributed by atoms with Crippen LogP contribution < -0.4 is 15.4 Å². The van der Waals surface area contributed by atoms with Crippen molar-refractivity contribution in [1.82, 2.24) is 10.6 Å². The third-order valence-electron chi connectivity index (χ3n) is 3.52. The van der Waals surface area contributed by atoms with Crippen molar-refractivity contribution in [3.63, 3.8) is 0 Å². The summed E-state index contributed by atoms with van der Waals surface area (Å²) in [6, 6.07) is 7.42. The van der Waals surface area contributed by atoms with Gasteiger partial charge < -0.3 is 20.5 Å². The highest BCUT2D eigenvalue weighted by atomic mass is 127. The number of hydrogen-bond donors (Lipinski definition) is 3. The lowest BCUT2D eigenvalue weighted by molar-refractivity contribution is 0.187. The van der Waals surface area contributed by atoms with Gasteiger partial charge in [0.1, 0.15) is 5.75 Å². The first-order chi connectivity index (χ1) is 10.2. The molecule has 1 fully saturated rings. The van der Waals surface area contributed by atoms with Gasteiger partial charge in [-0.15, -0.1) is 24.0 Å². The Labute approximate surface area is 149 Å². The second-order valence-corrected chi connectivity index (χ2v) is 5.33. The van der Waals surface area contributed by atoms with Crippen molar-refractivity contribution >= 4 is 29.9 Å². The number of aliphatic hydroxyl groups excluding tert-OH is 1. The zero-order chi connectivity index (χ0) is 15.1. The van der Waals surface area contributed by atoms with E-state index in [4.69, 9.17) is 4.74 Å². The van der Waals surface area contributed by atoms with Crippen molar-refractivity contribution in [1.29, 1.82) is 0 Å². The average molecular weight is 419 g/mol. The van der Waals surface area contributed by atoms with Crippen molar-refractivity contribution in [3.05, 3.63) is 29.8 Å². The Bertz CT molecular complexity index is 461. The van der Waals surface area contributed by atoms with Crippen LogP contribution in [-0.4, -0.2) is 37.8 Å². The molecular weight excluding hydrogens is 393 g/mol. The van der Waals surface area contributed by atoms with E-state index in [1.807, 2.05) is 31.2 Å². The SMILES string of the molecule is CCNC(=NCC(O)c1ccc(OC)cc1)NCC1CC1.I. The summed E-state index contributed by atoms with van der Waals surface area (Å²) in [7, 11) is 1.63. The second kappa shape index (κ2) is 9.89. The minimum atomic E-state index is -0.604. The number of rotatable bonds is 7. The Kier molecular flexibility index (Phi) is 8.55. The molecule has 6 heteroatoms. The lowest BCUT2D eigenvalue weighted by Crippen LogP contribution is -2.38. The summed E-state index contributed by atoms with van der Waals surface area (Å²) in [5, 5.41) is 16.7. The summed E-state index contributed by atoms with van der Waals surface area (Å²) in [6.45, 7) is 4.15. The van der Waals surface area contributed by atoms with Gasteiger partial charge >= 0.3 is 0 Å². The first-order valence-corrected chi connectivity index (χ1v) is 7.57. The van der Waals surface area contributed by atoms with Gasteiger partial charge in [0.2, 0.25) is 0 Å². The van der Waals surface area contributed by atoms with Crippen LogP contribution in [0.15, 0.2) is 29.3 Å². The van der Waals surface area contributed by atoms with E-state index in [-0.39, 0.29) is 24.0 Å². The van der Waals surface area contributed by atoms with E-state index in [1.165, 1.54) is 12.8 Å². The Balaban J connectivity index is 0.00000242. The monoisotopic (exact) mass is 419 g/mol. The lowest BCUT2D eigenvalue weighted by atomic mass is 10.1. The number of aliphatic hydroxyl groups is 1. The third-order valence-corrected chi connectivity index (χ3v) is 3.52. The highest BCUT2D eigenvalue weighted by Crippen LogP contribution is 2.27. The number of hydrogen-bond acceptors (Lipinski definition) is 3. The molecule has 22 heavy (non-hydrogen) atoms. The Morgan fingerprint density at radius 1 is 1.32 bits per heavy atom. The summed E-state index contributed by atoms with van der Waals surface area (Å²) in [6.07, 6.45) is 2.01. The molecule has 0 aromatic heterocycles. The minimum Gasteiger partial charge on any atom is -0.497 e. The van der Waals surface area contributed by atoms with Gasteiger partial charge in [-0.25, -0.2) is 0 Å². The summed E-state index contributed by atoms with van der Waals surface area (Å²) < 4.78 is 5.11. The first kappa shape index (κ1) is 19.0. The van der Waals surface area contributed by atoms with E-state index in [0.717, 1.165) is 36.3 Å². The highest BCUT2D eigenvalue weighted by molar-refractivity contribution is 14.0. The maximum Gasteiger partial charge on any atom is 0.191 e. The van der Waals surface area contributed by atoms with Crippen LogP contribution in [0.5, 0.6) is 5.75 Å². The summed E-state index contributed by atoms with van der Waals surface area (Å²) >= 11 is 0. The van der Waals surface area contributed by atoms with Crippen molar-refractivity contribution in [2.45, 2.75) is 25.9 Å². The molecule has 1 aromatic rings. The molecule has 0 aliphatic heterocycles. The Morgan fingerprint density at radius 3 is 2.55 bits per heavy atom. The molecule has 1 saturated carbocycles. The molecule has 2 rings (SSSR count). The predicted octanol–water partition coefficient (Wildman–Crippen LogP) is 2.31. The Hall–Kier alpha value is -1.02. The number of guanidine groups is 1. The number of ether oxygens (including phenoxy) is 1. The van der Waals surface area contributed by atoms with Crippen LogP contribution in [0.3, 0.4) is 0 Å². The molecule has 0 spiro atoms. The van der Waals surface area contributed by atoms with Gasteiger partial charge in [-0.05, 0) is 43.4 Å². The van der Waals surface area contributed by atoms with Crippen LogP contribution in [0.4, 0.5) is 0 Å². The smallest absolute Gasteiger partial charge is 0.191 e. The maximum atomic E-state index is 10.2. The predicted molar refractivity (Wildman–Crippen MR) is 100 cm³/mol. The van der Waals surface area contributed by atoms with Gasteiger partial charge in [0, 0.05) is 13.1 Å². The van der Waals surface area contributed by atoms with Crippen LogP contribution in [0.25, 0.3) is 0 Å². The zero-order valence-electron chi connectivity index (χ0n) is 13.2. The molecule has 1 atom stereocenters. The van der Waals surface area contributed by atoms with Crippen LogP contribution in [0.2, 0.25) is 0 Å². The summed E-state index contributed by atoms with van der Waals surface area (Å²) in [4.78, 5) is 4.45. The average Bonchev–Trinajstić information content (AvgIpc) is 3.34. The molecular formula is C16H26IN3O2. The van der Waals surface area contributed by atoms with Crippen molar-refractivity contribution < 1.29 is 9.84 Å². The van der Waals surface area contributed by atoms with Crippen molar-refractivity contribution in [2.75, 3.05) is 26.7 Å². The fourth-order valence-corrected chi connectivity index (χ4v) is 2.01. The second-order valence-electron chi connectivity index (χ2n) is 5.33. The number of nitrogens with one attached hydrogen (secondary N) is 2. The van der Waals surface area contributed by atoms with Gasteiger partial charge in [0.15, 0.2) is 5.96 Å². The first-order valence-electron chi connectivity index (χ1n) is 7.57. The van der Waals surface area contributed by atoms with Crippen LogP contribution in [-0.2, 0) is 0 Å². The topological polar surface area (TPSA) is 65.9 Å². The van der Waals surface area contributed by atoms with E-state index in [9.17, 15) is 5.11 Å². The molecule has 1 aromatic carbocycles. The normalized spacial score (nSPS) is 15.7. The largest absolute Gasteiger partial charge is 0.497 e. The van der Waals surface area contributed by atoms with E-state index >= 15 is 0 Å². The number of benzene rings is 1. The fraction of sp³-hybridized carbons (Fsp3) is 0.562. The molecule has 0 heterocycles. The standard InChI is InChI=1S/C16H25N3O2.HI/c1-3-17-16(18-10-12-4-5-12)19-11-15(20)13-6-8-14(21-2)9-7-13;/h6-9,12,15,20H,3-5,10-11H2,1-2H3,(H2,17,18,19);1H. The van der Waals surface area contributed by atoms with Crippen LogP contribution in [0.1, 0.15) is 31.4 Å².